The summed E-state index contributed by atoms with van der Waals surface area (Å²) in [6.45, 7) is 1.69. The maximum absolute atomic E-state index is 13.1. The smallest absolute Gasteiger partial charge is 0.267 e. The number of nitrogens with two attached hydrogens (primary N) is 2. The van der Waals surface area contributed by atoms with E-state index >= 15 is 0 Å². The largest absolute Gasteiger partial charge is 0.366 e. The maximum atomic E-state index is 13.1. The van der Waals surface area contributed by atoms with Crippen LogP contribution in [0.15, 0.2) is 41.2 Å². The molecular weight excluding hydrogens is 363 g/mol. The molecule has 0 spiro atoms. The molecule has 128 valence electrons. The highest BCUT2D eigenvalue weighted by molar-refractivity contribution is 6.39. The van der Waals surface area contributed by atoms with E-state index in [0.717, 1.165) is 0 Å². The number of fused-ring (bicyclic) bond motifs is 1. The Hall–Kier alpha value is -2.41. The summed E-state index contributed by atoms with van der Waals surface area (Å²) in [6.07, 6.45) is 0. The zero-order valence-corrected chi connectivity index (χ0v) is 14.7. The first kappa shape index (κ1) is 17.4. The van der Waals surface area contributed by atoms with Gasteiger partial charge in [-0.1, -0.05) is 29.3 Å². The number of hydrogen-bond acceptors (Lipinski definition) is 4. The molecule has 0 aliphatic heterocycles. The predicted octanol–water partition coefficient (Wildman–Crippen LogP) is 2.81. The first-order chi connectivity index (χ1) is 11.8. The number of carbonyl (C=O) groups excluding carboxylic acids is 1. The van der Waals surface area contributed by atoms with Crippen LogP contribution in [-0.2, 0) is 0 Å². The Morgan fingerprint density at radius 3 is 2.52 bits per heavy atom. The second-order valence-electron chi connectivity index (χ2n) is 5.57. The number of benzene rings is 2. The summed E-state index contributed by atoms with van der Waals surface area (Å²) in [4.78, 5) is 29.0. The summed E-state index contributed by atoms with van der Waals surface area (Å²) in [5, 5.41) is 0.715. The van der Waals surface area contributed by atoms with Gasteiger partial charge in [-0.05, 0) is 37.3 Å². The average molecular weight is 377 g/mol. The standard InChI is InChI=1S/C17H14Cl2N4O2/c1-8(20)16-22-14-12(19)6-5-11(18)13(14)17(25)23(16)10-4-2-3-9(7-10)15(21)24/h2-8H,20H2,1H3,(H2,21,24). The zero-order valence-electron chi connectivity index (χ0n) is 13.2. The van der Waals surface area contributed by atoms with E-state index in [1.165, 1.54) is 16.7 Å². The SMILES string of the molecule is CC(N)c1nc2c(Cl)ccc(Cl)c2c(=O)n1-c1cccc(C(N)=O)c1. The number of rotatable bonds is 3. The molecule has 1 heterocycles. The number of hydrogen-bond donors (Lipinski definition) is 2. The Morgan fingerprint density at radius 1 is 1.20 bits per heavy atom. The highest BCUT2D eigenvalue weighted by Gasteiger charge is 2.19. The van der Waals surface area contributed by atoms with Crippen molar-refractivity contribution in [1.29, 1.82) is 0 Å². The first-order valence-corrected chi connectivity index (χ1v) is 8.13. The molecule has 3 rings (SSSR count). The van der Waals surface area contributed by atoms with E-state index in [1.54, 1.807) is 31.2 Å². The minimum atomic E-state index is -0.605. The van der Waals surface area contributed by atoms with Crippen molar-refractivity contribution in [3.8, 4) is 5.69 Å². The molecule has 0 radical (unpaired) electrons. The van der Waals surface area contributed by atoms with Gasteiger partial charge >= 0.3 is 0 Å². The quantitative estimate of drug-likeness (QED) is 0.732. The summed E-state index contributed by atoms with van der Waals surface area (Å²) in [6, 6.07) is 8.88. The van der Waals surface area contributed by atoms with Crippen LogP contribution in [0.2, 0.25) is 10.0 Å². The van der Waals surface area contributed by atoms with Crippen LogP contribution in [0.1, 0.15) is 29.1 Å². The molecule has 6 nitrogen and oxygen atoms in total. The van der Waals surface area contributed by atoms with Crippen LogP contribution < -0.4 is 17.0 Å². The lowest BCUT2D eigenvalue weighted by Crippen LogP contribution is -2.28. The van der Waals surface area contributed by atoms with Gasteiger partial charge in [0.1, 0.15) is 5.82 Å². The van der Waals surface area contributed by atoms with Crippen LogP contribution >= 0.6 is 23.2 Å². The minimum Gasteiger partial charge on any atom is -0.366 e. The molecule has 0 fully saturated rings. The Balaban J connectivity index is 2.46. The number of amides is 1. The van der Waals surface area contributed by atoms with E-state index in [0.29, 0.717) is 16.5 Å². The molecule has 1 atom stereocenters. The lowest BCUT2D eigenvalue weighted by atomic mass is 10.1. The Kier molecular flexibility index (Phi) is 4.51. The molecular formula is C17H14Cl2N4O2. The van der Waals surface area contributed by atoms with Gasteiger partial charge in [-0.2, -0.15) is 0 Å². The molecule has 4 N–H and O–H groups in total. The second-order valence-corrected chi connectivity index (χ2v) is 6.38. The average Bonchev–Trinajstić information content (AvgIpc) is 2.57. The Bertz CT molecular complexity index is 1060. The van der Waals surface area contributed by atoms with Gasteiger partial charge in [-0.15, -0.1) is 0 Å². The van der Waals surface area contributed by atoms with Gasteiger partial charge in [0.25, 0.3) is 5.56 Å². The molecule has 0 saturated heterocycles. The van der Waals surface area contributed by atoms with Crippen LogP contribution in [-0.4, -0.2) is 15.5 Å². The molecule has 1 aromatic heterocycles. The van der Waals surface area contributed by atoms with Crippen molar-refractivity contribution < 1.29 is 4.79 Å². The van der Waals surface area contributed by atoms with Crippen molar-refractivity contribution in [1.82, 2.24) is 9.55 Å². The fraction of sp³-hybridized carbons (Fsp3) is 0.118. The summed E-state index contributed by atoms with van der Waals surface area (Å²) in [5.41, 5.74) is 11.9. The number of aromatic nitrogens is 2. The van der Waals surface area contributed by atoms with Crippen LogP contribution in [0.5, 0.6) is 0 Å². The van der Waals surface area contributed by atoms with E-state index in [4.69, 9.17) is 34.7 Å². The molecule has 2 aromatic carbocycles. The van der Waals surface area contributed by atoms with Crippen molar-refractivity contribution in [3.63, 3.8) is 0 Å². The molecule has 0 aliphatic rings. The van der Waals surface area contributed by atoms with Crippen molar-refractivity contribution >= 4 is 40.0 Å². The summed E-state index contributed by atoms with van der Waals surface area (Å²) in [7, 11) is 0. The summed E-state index contributed by atoms with van der Waals surface area (Å²) < 4.78 is 1.32. The topological polar surface area (TPSA) is 104 Å². The lowest BCUT2D eigenvalue weighted by molar-refractivity contribution is 0.1000. The van der Waals surface area contributed by atoms with Crippen LogP contribution in [0.25, 0.3) is 16.6 Å². The van der Waals surface area contributed by atoms with Gasteiger partial charge in [0, 0.05) is 5.56 Å². The Morgan fingerprint density at radius 2 is 1.88 bits per heavy atom. The van der Waals surface area contributed by atoms with Gasteiger partial charge in [0.05, 0.1) is 32.7 Å². The van der Waals surface area contributed by atoms with Gasteiger partial charge in [-0.25, -0.2) is 4.98 Å². The van der Waals surface area contributed by atoms with Crippen LogP contribution in [0.3, 0.4) is 0 Å². The molecule has 1 unspecified atom stereocenters. The molecule has 0 saturated carbocycles. The third-order valence-corrected chi connectivity index (χ3v) is 4.37. The Labute approximate surface area is 153 Å². The zero-order chi connectivity index (χ0) is 18.3. The fourth-order valence-electron chi connectivity index (χ4n) is 2.59. The second kappa shape index (κ2) is 6.48. The van der Waals surface area contributed by atoms with Crippen molar-refractivity contribution in [2.75, 3.05) is 0 Å². The van der Waals surface area contributed by atoms with E-state index < -0.39 is 17.5 Å². The normalized spacial score (nSPS) is 12.3. The first-order valence-electron chi connectivity index (χ1n) is 7.37. The summed E-state index contributed by atoms with van der Waals surface area (Å²) >= 11 is 12.4. The molecule has 25 heavy (non-hydrogen) atoms. The number of halogens is 2. The van der Waals surface area contributed by atoms with E-state index in [9.17, 15) is 9.59 Å². The van der Waals surface area contributed by atoms with Gasteiger partial charge < -0.3 is 11.5 Å². The highest BCUT2D eigenvalue weighted by atomic mass is 35.5. The van der Waals surface area contributed by atoms with E-state index in [1.807, 2.05) is 0 Å². The molecule has 0 aliphatic carbocycles. The number of primary amides is 1. The van der Waals surface area contributed by atoms with Crippen molar-refractivity contribution in [2.24, 2.45) is 11.5 Å². The molecule has 8 heteroatoms. The summed E-state index contributed by atoms with van der Waals surface area (Å²) in [5.74, 6) is -0.310. The fourth-order valence-corrected chi connectivity index (χ4v) is 3.02. The highest BCUT2D eigenvalue weighted by Crippen LogP contribution is 2.28. The van der Waals surface area contributed by atoms with Crippen LogP contribution in [0.4, 0.5) is 0 Å². The number of carbonyl (C=O) groups is 1. The monoisotopic (exact) mass is 376 g/mol. The maximum Gasteiger partial charge on any atom is 0.267 e. The predicted molar refractivity (Wildman–Crippen MR) is 98.5 cm³/mol. The third kappa shape index (κ3) is 3.00. The molecule has 0 bridgehead atoms. The number of nitrogens with zero attached hydrogens (tertiary/aromatic N) is 2. The van der Waals surface area contributed by atoms with Gasteiger partial charge in [0.2, 0.25) is 5.91 Å². The van der Waals surface area contributed by atoms with Gasteiger partial charge in [-0.3, -0.25) is 14.2 Å². The van der Waals surface area contributed by atoms with E-state index in [-0.39, 0.29) is 21.5 Å². The van der Waals surface area contributed by atoms with Gasteiger partial charge in [0.15, 0.2) is 0 Å². The molecule has 3 aromatic rings. The lowest BCUT2D eigenvalue weighted by Gasteiger charge is -2.17. The minimum absolute atomic E-state index is 0.183. The molecule has 1 amide bonds. The third-order valence-electron chi connectivity index (χ3n) is 3.75. The van der Waals surface area contributed by atoms with Crippen molar-refractivity contribution in [2.45, 2.75) is 13.0 Å². The van der Waals surface area contributed by atoms with E-state index in [2.05, 4.69) is 4.98 Å². The van der Waals surface area contributed by atoms with Crippen LogP contribution in [0, 0.1) is 0 Å². The van der Waals surface area contributed by atoms with Crippen molar-refractivity contribution in [3.05, 3.63) is 68.2 Å².